The average molecular weight is 447 g/mol. The first-order valence-electron chi connectivity index (χ1n) is 11.9. The van der Waals surface area contributed by atoms with Crippen LogP contribution in [0.3, 0.4) is 0 Å². The number of nitrogens with one attached hydrogen (secondary N) is 1. The third kappa shape index (κ3) is 6.20. The van der Waals surface area contributed by atoms with Crippen molar-refractivity contribution in [2.75, 3.05) is 72.5 Å². The highest BCUT2D eigenvalue weighted by atomic mass is 32.1. The van der Waals surface area contributed by atoms with Crippen LogP contribution >= 0.6 is 11.3 Å². The molecule has 0 aromatic carbocycles. The molecular weight excluding hydrogens is 408 g/mol. The molecule has 1 aromatic rings. The Labute approximate surface area is 191 Å². The third-order valence-electron chi connectivity index (χ3n) is 6.94. The van der Waals surface area contributed by atoms with Crippen LogP contribution in [0.25, 0.3) is 0 Å². The van der Waals surface area contributed by atoms with Crippen molar-refractivity contribution in [3.63, 3.8) is 0 Å². The van der Waals surface area contributed by atoms with Gasteiger partial charge in [-0.3, -0.25) is 19.6 Å². The molecule has 1 aliphatic carbocycles. The first-order chi connectivity index (χ1) is 15.2. The SMILES string of the molecule is CN=C(NCCN1CCN(C(=O)C2CCCC2)CC1)N1CCN(Cc2cccs2)CC1. The molecule has 1 aromatic heterocycles. The maximum atomic E-state index is 12.6. The van der Waals surface area contributed by atoms with Gasteiger partial charge in [0.05, 0.1) is 0 Å². The number of amides is 1. The molecule has 0 radical (unpaired) electrons. The molecule has 1 amide bonds. The van der Waals surface area contributed by atoms with Crippen molar-refractivity contribution in [2.45, 2.75) is 32.2 Å². The number of thiophene rings is 1. The minimum Gasteiger partial charge on any atom is -0.355 e. The summed E-state index contributed by atoms with van der Waals surface area (Å²) in [6.07, 6.45) is 4.66. The Kier molecular flexibility index (Phi) is 8.21. The van der Waals surface area contributed by atoms with Crippen LogP contribution in [0.1, 0.15) is 30.6 Å². The number of carbonyl (C=O) groups is 1. The van der Waals surface area contributed by atoms with Crippen LogP contribution < -0.4 is 5.32 Å². The van der Waals surface area contributed by atoms with Crippen molar-refractivity contribution in [3.8, 4) is 0 Å². The lowest BCUT2D eigenvalue weighted by atomic mass is 10.1. The quantitative estimate of drug-likeness (QED) is 0.533. The molecular formula is C23H38N6OS. The highest BCUT2D eigenvalue weighted by Gasteiger charge is 2.29. The van der Waals surface area contributed by atoms with Crippen molar-refractivity contribution in [3.05, 3.63) is 22.4 Å². The van der Waals surface area contributed by atoms with Crippen molar-refractivity contribution in [1.82, 2.24) is 24.9 Å². The molecule has 3 fully saturated rings. The van der Waals surface area contributed by atoms with Crippen LogP contribution in [0.5, 0.6) is 0 Å². The van der Waals surface area contributed by atoms with E-state index < -0.39 is 0 Å². The van der Waals surface area contributed by atoms with Crippen LogP contribution in [0.2, 0.25) is 0 Å². The Morgan fingerprint density at radius 1 is 1.03 bits per heavy atom. The topological polar surface area (TPSA) is 54.4 Å². The standard InChI is InChI=1S/C23H38N6OS/c1-24-23(29-16-12-27(13-17-29)19-21-7-4-18-31-21)25-8-9-26-10-14-28(15-11-26)22(30)20-5-2-3-6-20/h4,7,18,20H,2-3,5-6,8-17,19H2,1H3,(H,24,25). The van der Waals surface area contributed by atoms with E-state index in [9.17, 15) is 4.79 Å². The molecule has 0 unspecified atom stereocenters. The summed E-state index contributed by atoms with van der Waals surface area (Å²) >= 11 is 1.84. The summed E-state index contributed by atoms with van der Waals surface area (Å²) in [5.74, 6) is 1.74. The zero-order chi connectivity index (χ0) is 21.5. The van der Waals surface area contributed by atoms with Gasteiger partial charge in [0, 0.05) is 89.8 Å². The van der Waals surface area contributed by atoms with Gasteiger partial charge < -0.3 is 15.1 Å². The lowest BCUT2D eigenvalue weighted by molar-refractivity contribution is -0.137. The molecule has 31 heavy (non-hydrogen) atoms. The van der Waals surface area contributed by atoms with Gasteiger partial charge in [0.1, 0.15) is 0 Å². The fraction of sp³-hybridized carbons (Fsp3) is 0.739. The predicted octanol–water partition coefficient (Wildman–Crippen LogP) is 1.78. The van der Waals surface area contributed by atoms with Crippen LogP contribution in [0.15, 0.2) is 22.5 Å². The average Bonchev–Trinajstić information content (AvgIpc) is 3.52. The van der Waals surface area contributed by atoms with Crippen molar-refractivity contribution in [2.24, 2.45) is 10.9 Å². The minimum atomic E-state index is 0.308. The number of aliphatic imine (C=N–C) groups is 1. The number of nitrogens with zero attached hydrogens (tertiary/aromatic N) is 5. The van der Waals surface area contributed by atoms with Gasteiger partial charge in [0.2, 0.25) is 5.91 Å². The molecule has 4 rings (SSSR count). The minimum absolute atomic E-state index is 0.308. The number of guanidine groups is 1. The van der Waals surface area contributed by atoms with Gasteiger partial charge in [-0.25, -0.2) is 0 Å². The molecule has 2 aliphatic heterocycles. The van der Waals surface area contributed by atoms with Crippen LogP contribution in [0, 0.1) is 5.92 Å². The number of rotatable bonds is 6. The molecule has 172 valence electrons. The number of hydrogen-bond donors (Lipinski definition) is 1. The van der Waals surface area contributed by atoms with Crippen molar-refractivity contribution in [1.29, 1.82) is 0 Å². The molecule has 1 saturated carbocycles. The summed E-state index contributed by atoms with van der Waals surface area (Å²) in [6.45, 7) is 10.9. The maximum absolute atomic E-state index is 12.6. The van der Waals surface area contributed by atoms with Gasteiger partial charge in [0.25, 0.3) is 0 Å². The van der Waals surface area contributed by atoms with Crippen molar-refractivity contribution < 1.29 is 4.79 Å². The van der Waals surface area contributed by atoms with E-state index in [1.54, 1.807) is 0 Å². The summed E-state index contributed by atoms with van der Waals surface area (Å²) in [6, 6.07) is 4.36. The van der Waals surface area contributed by atoms with Crippen LogP contribution in [-0.2, 0) is 11.3 Å². The second kappa shape index (κ2) is 11.3. The molecule has 3 heterocycles. The van der Waals surface area contributed by atoms with E-state index in [1.807, 2.05) is 18.4 Å². The second-order valence-electron chi connectivity index (χ2n) is 8.96. The largest absolute Gasteiger partial charge is 0.355 e. The van der Waals surface area contributed by atoms with Crippen LogP contribution in [-0.4, -0.2) is 104 Å². The second-order valence-corrected chi connectivity index (χ2v) is 10.00. The lowest BCUT2D eigenvalue weighted by Gasteiger charge is -2.37. The van der Waals surface area contributed by atoms with E-state index in [-0.39, 0.29) is 0 Å². The van der Waals surface area contributed by atoms with E-state index in [0.717, 1.165) is 90.8 Å². The summed E-state index contributed by atoms with van der Waals surface area (Å²) in [4.78, 5) is 28.1. The molecule has 7 nitrogen and oxygen atoms in total. The smallest absolute Gasteiger partial charge is 0.225 e. The Bertz CT molecular complexity index is 702. The van der Waals surface area contributed by atoms with Gasteiger partial charge in [-0.15, -0.1) is 11.3 Å². The molecule has 0 spiro atoms. The number of piperazine rings is 2. The van der Waals surface area contributed by atoms with E-state index in [0.29, 0.717) is 11.8 Å². The molecule has 1 N–H and O–H groups in total. The monoisotopic (exact) mass is 446 g/mol. The van der Waals surface area contributed by atoms with Gasteiger partial charge in [-0.2, -0.15) is 0 Å². The fourth-order valence-electron chi connectivity index (χ4n) is 5.02. The zero-order valence-corrected chi connectivity index (χ0v) is 19.8. The van der Waals surface area contributed by atoms with E-state index >= 15 is 0 Å². The first kappa shape index (κ1) is 22.6. The molecule has 2 saturated heterocycles. The maximum Gasteiger partial charge on any atom is 0.225 e. The van der Waals surface area contributed by atoms with Gasteiger partial charge >= 0.3 is 0 Å². The Morgan fingerprint density at radius 2 is 1.71 bits per heavy atom. The number of hydrogen-bond acceptors (Lipinski definition) is 5. The van der Waals surface area contributed by atoms with E-state index in [1.165, 1.54) is 17.7 Å². The number of carbonyl (C=O) groups excluding carboxylic acids is 1. The normalized spacial score (nSPS) is 22.3. The van der Waals surface area contributed by atoms with Gasteiger partial charge in [-0.05, 0) is 24.3 Å². The fourth-order valence-corrected chi connectivity index (χ4v) is 5.77. The zero-order valence-electron chi connectivity index (χ0n) is 19.0. The molecule has 3 aliphatic rings. The van der Waals surface area contributed by atoms with E-state index in [4.69, 9.17) is 0 Å². The molecule has 0 atom stereocenters. The third-order valence-corrected chi connectivity index (χ3v) is 7.80. The molecule has 8 heteroatoms. The summed E-state index contributed by atoms with van der Waals surface area (Å²) in [5.41, 5.74) is 0. The van der Waals surface area contributed by atoms with E-state index in [2.05, 4.69) is 47.4 Å². The molecule has 0 bridgehead atoms. The summed E-state index contributed by atoms with van der Waals surface area (Å²) < 4.78 is 0. The Hall–Kier alpha value is -1.64. The summed E-state index contributed by atoms with van der Waals surface area (Å²) in [7, 11) is 1.88. The van der Waals surface area contributed by atoms with Gasteiger partial charge in [0.15, 0.2) is 5.96 Å². The van der Waals surface area contributed by atoms with Crippen LogP contribution in [0.4, 0.5) is 0 Å². The first-order valence-corrected chi connectivity index (χ1v) is 12.8. The summed E-state index contributed by atoms with van der Waals surface area (Å²) in [5, 5.41) is 5.72. The Morgan fingerprint density at radius 3 is 2.35 bits per heavy atom. The van der Waals surface area contributed by atoms with Gasteiger partial charge in [-0.1, -0.05) is 18.9 Å². The highest BCUT2D eigenvalue weighted by molar-refractivity contribution is 7.09. The predicted molar refractivity (Wildman–Crippen MR) is 128 cm³/mol. The Balaban J connectivity index is 1.12. The highest BCUT2D eigenvalue weighted by Crippen LogP contribution is 2.26. The van der Waals surface area contributed by atoms with Crippen molar-refractivity contribution >= 4 is 23.2 Å². The lowest BCUT2D eigenvalue weighted by Crippen LogP contribution is -2.54.